The smallest absolute Gasteiger partial charge is 0.416 e. The van der Waals surface area contributed by atoms with E-state index in [1.807, 2.05) is 12.1 Å². The van der Waals surface area contributed by atoms with Crippen molar-refractivity contribution in [1.82, 2.24) is 5.32 Å². The lowest BCUT2D eigenvalue weighted by atomic mass is 9.53. The molecule has 4 saturated carbocycles. The summed E-state index contributed by atoms with van der Waals surface area (Å²) in [6.07, 6.45) is 3.99. The third-order valence-electron chi connectivity index (χ3n) is 7.29. The maximum atomic E-state index is 12.8. The van der Waals surface area contributed by atoms with Crippen molar-refractivity contribution in [3.05, 3.63) is 65.2 Å². The van der Waals surface area contributed by atoms with Crippen LogP contribution >= 0.6 is 0 Å². The highest BCUT2D eigenvalue weighted by Gasteiger charge is 2.50. The van der Waals surface area contributed by atoms with E-state index < -0.39 is 11.7 Å². The Kier molecular flexibility index (Phi) is 5.04. The van der Waals surface area contributed by atoms with Gasteiger partial charge in [0.1, 0.15) is 12.4 Å². The lowest BCUT2D eigenvalue weighted by Gasteiger charge is -2.57. The van der Waals surface area contributed by atoms with Crippen molar-refractivity contribution in [1.29, 1.82) is 0 Å². The molecule has 0 heterocycles. The second-order valence-corrected chi connectivity index (χ2v) is 9.68. The summed E-state index contributed by atoms with van der Waals surface area (Å²) in [6.45, 7) is 0.981. The van der Waals surface area contributed by atoms with Crippen molar-refractivity contribution in [2.75, 3.05) is 0 Å². The number of halogens is 3. The van der Waals surface area contributed by atoms with Crippen LogP contribution in [0.15, 0.2) is 48.5 Å². The van der Waals surface area contributed by atoms with Crippen LogP contribution in [-0.2, 0) is 19.3 Å². The summed E-state index contributed by atoms with van der Waals surface area (Å²) in [5, 5.41) is 3.89. The summed E-state index contributed by atoms with van der Waals surface area (Å²) in [4.78, 5) is 0. The highest BCUT2D eigenvalue weighted by Crippen LogP contribution is 2.55. The van der Waals surface area contributed by atoms with Gasteiger partial charge in [0.05, 0.1) is 5.56 Å². The van der Waals surface area contributed by atoms with Crippen LogP contribution in [0.3, 0.4) is 0 Å². The predicted molar refractivity (Wildman–Crippen MR) is 110 cm³/mol. The molecular formula is C25H28F3NO. The van der Waals surface area contributed by atoms with Gasteiger partial charge in [-0.3, -0.25) is 0 Å². The second-order valence-electron chi connectivity index (χ2n) is 9.68. The zero-order valence-corrected chi connectivity index (χ0v) is 17.0. The van der Waals surface area contributed by atoms with Gasteiger partial charge in [0.25, 0.3) is 0 Å². The van der Waals surface area contributed by atoms with Crippen LogP contribution in [0.4, 0.5) is 13.2 Å². The fraction of sp³-hybridized carbons (Fsp3) is 0.520. The molecule has 2 nitrogen and oxygen atoms in total. The van der Waals surface area contributed by atoms with Gasteiger partial charge in [0.2, 0.25) is 0 Å². The number of hydrogen-bond donors (Lipinski definition) is 1. The minimum atomic E-state index is -4.33. The van der Waals surface area contributed by atoms with Crippen molar-refractivity contribution in [2.45, 2.75) is 63.4 Å². The predicted octanol–water partition coefficient (Wildman–Crippen LogP) is 6.34. The quantitative estimate of drug-likeness (QED) is 0.594. The van der Waals surface area contributed by atoms with E-state index in [1.165, 1.54) is 50.2 Å². The first-order chi connectivity index (χ1) is 14.4. The summed E-state index contributed by atoms with van der Waals surface area (Å²) in [5.41, 5.74) is 1.43. The maximum Gasteiger partial charge on any atom is 0.416 e. The highest BCUT2D eigenvalue weighted by atomic mass is 19.4. The van der Waals surface area contributed by atoms with Gasteiger partial charge in [-0.2, -0.15) is 13.2 Å². The van der Waals surface area contributed by atoms with Crippen molar-refractivity contribution in [3.63, 3.8) is 0 Å². The van der Waals surface area contributed by atoms with Gasteiger partial charge in [-0.05, 0) is 91.7 Å². The molecule has 0 saturated heterocycles. The maximum absolute atomic E-state index is 12.8. The van der Waals surface area contributed by atoms with E-state index in [1.54, 1.807) is 6.07 Å². The zero-order chi connectivity index (χ0) is 20.8. The summed E-state index contributed by atoms with van der Waals surface area (Å²) < 4.78 is 44.2. The van der Waals surface area contributed by atoms with Crippen LogP contribution in [0.25, 0.3) is 0 Å². The van der Waals surface area contributed by atoms with E-state index in [4.69, 9.17) is 4.74 Å². The standard InChI is InChI=1S/C25H28F3NO/c26-25(27,28)22-3-1-2-18(11-22)16-30-23-6-4-17(5-7-23)15-29-24-12-19-8-20(13-24)10-21(9-19)14-24/h1-7,11,19-21,29H,8-10,12-16H2. The Balaban J connectivity index is 1.16. The third kappa shape index (κ3) is 4.22. The molecule has 0 atom stereocenters. The number of nitrogens with one attached hydrogen (secondary N) is 1. The number of hydrogen-bond acceptors (Lipinski definition) is 2. The lowest BCUT2D eigenvalue weighted by molar-refractivity contribution is -0.137. The summed E-state index contributed by atoms with van der Waals surface area (Å²) in [7, 11) is 0. The van der Waals surface area contributed by atoms with Gasteiger partial charge < -0.3 is 10.1 Å². The zero-order valence-electron chi connectivity index (χ0n) is 17.0. The van der Waals surface area contributed by atoms with E-state index in [0.29, 0.717) is 16.9 Å². The molecule has 2 aromatic rings. The Morgan fingerprint density at radius 2 is 1.50 bits per heavy atom. The molecule has 6 rings (SSSR count). The van der Waals surface area contributed by atoms with E-state index in [0.717, 1.165) is 36.4 Å². The average molecular weight is 415 g/mol. The molecule has 4 aliphatic rings. The molecule has 5 heteroatoms. The van der Waals surface area contributed by atoms with Crippen LogP contribution in [0.2, 0.25) is 0 Å². The molecular weight excluding hydrogens is 387 g/mol. The minimum Gasteiger partial charge on any atom is -0.489 e. The van der Waals surface area contributed by atoms with Gasteiger partial charge in [-0.15, -0.1) is 0 Å². The summed E-state index contributed by atoms with van der Waals surface area (Å²) >= 11 is 0. The second kappa shape index (κ2) is 7.60. The van der Waals surface area contributed by atoms with Crippen molar-refractivity contribution < 1.29 is 17.9 Å². The van der Waals surface area contributed by atoms with Crippen LogP contribution in [0.1, 0.15) is 55.2 Å². The molecule has 0 radical (unpaired) electrons. The Labute approximate surface area is 175 Å². The van der Waals surface area contributed by atoms with Crippen molar-refractivity contribution >= 4 is 0 Å². The van der Waals surface area contributed by atoms with Gasteiger partial charge in [0.15, 0.2) is 0 Å². The number of alkyl halides is 3. The molecule has 0 aromatic heterocycles. The van der Waals surface area contributed by atoms with Crippen LogP contribution in [0.5, 0.6) is 5.75 Å². The third-order valence-corrected chi connectivity index (χ3v) is 7.29. The van der Waals surface area contributed by atoms with Gasteiger partial charge >= 0.3 is 6.18 Å². The molecule has 30 heavy (non-hydrogen) atoms. The first-order valence-corrected chi connectivity index (χ1v) is 11.0. The molecule has 1 N–H and O–H groups in total. The molecule has 4 aliphatic carbocycles. The molecule has 160 valence electrons. The van der Waals surface area contributed by atoms with Gasteiger partial charge in [0, 0.05) is 12.1 Å². The molecule has 0 spiro atoms. The number of ether oxygens (including phenoxy) is 1. The van der Waals surface area contributed by atoms with Crippen LogP contribution in [-0.4, -0.2) is 5.54 Å². The molecule has 4 bridgehead atoms. The minimum absolute atomic E-state index is 0.120. The molecule has 0 unspecified atom stereocenters. The highest BCUT2D eigenvalue weighted by molar-refractivity contribution is 5.29. The monoisotopic (exact) mass is 415 g/mol. The van der Waals surface area contributed by atoms with Crippen molar-refractivity contribution in [3.8, 4) is 5.75 Å². The SMILES string of the molecule is FC(F)(F)c1cccc(COc2ccc(CNC34CC5CC(CC(C5)C3)C4)cc2)c1. The van der Waals surface area contributed by atoms with E-state index in [-0.39, 0.29) is 6.61 Å². The Morgan fingerprint density at radius 3 is 2.10 bits per heavy atom. The molecule has 4 fully saturated rings. The average Bonchev–Trinajstić information content (AvgIpc) is 2.70. The Hall–Kier alpha value is -2.01. The van der Waals surface area contributed by atoms with E-state index in [9.17, 15) is 13.2 Å². The molecule has 0 aliphatic heterocycles. The molecule has 2 aromatic carbocycles. The van der Waals surface area contributed by atoms with Crippen LogP contribution < -0.4 is 10.1 Å². The first-order valence-electron chi connectivity index (χ1n) is 11.0. The fourth-order valence-corrected chi connectivity index (χ4v) is 6.32. The van der Waals surface area contributed by atoms with Gasteiger partial charge in [-0.25, -0.2) is 0 Å². The Bertz CT molecular complexity index is 855. The number of benzene rings is 2. The normalized spacial score (nSPS) is 29.9. The van der Waals surface area contributed by atoms with Gasteiger partial charge in [-0.1, -0.05) is 24.3 Å². The largest absolute Gasteiger partial charge is 0.489 e. The molecule has 0 amide bonds. The van der Waals surface area contributed by atoms with E-state index in [2.05, 4.69) is 17.4 Å². The van der Waals surface area contributed by atoms with E-state index >= 15 is 0 Å². The topological polar surface area (TPSA) is 21.3 Å². The number of rotatable bonds is 6. The summed E-state index contributed by atoms with van der Waals surface area (Å²) in [6, 6.07) is 13.2. The van der Waals surface area contributed by atoms with Crippen LogP contribution in [0, 0.1) is 17.8 Å². The fourth-order valence-electron chi connectivity index (χ4n) is 6.32. The first kappa shape index (κ1) is 19.9. The van der Waals surface area contributed by atoms with Crippen molar-refractivity contribution in [2.24, 2.45) is 17.8 Å². The summed E-state index contributed by atoms with van der Waals surface area (Å²) in [5.74, 6) is 3.45. The Morgan fingerprint density at radius 1 is 0.867 bits per heavy atom. The lowest BCUT2D eigenvalue weighted by Crippen LogP contribution is -2.58.